The van der Waals surface area contributed by atoms with Gasteiger partial charge in [0, 0.05) is 6.42 Å². The number of rotatable bonds is 23. The second kappa shape index (κ2) is 19.3. The molecule has 0 aliphatic rings. The molecular weight excluding hydrogens is 446 g/mol. The van der Waals surface area contributed by atoms with E-state index in [1.54, 1.807) is 0 Å². The van der Waals surface area contributed by atoms with Gasteiger partial charge in [0.2, 0.25) is 0 Å². The van der Waals surface area contributed by atoms with Crippen molar-refractivity contribution in [2.24, 2.45) is 17.8 Å². The van der Waals surface area contributed by atoms with Crippen molar-refractivity contribution in [1.82, 2.24) is 0 Å². The highest BCUT2D eigenvalue weighted by Crippen LogP contribution is 2.24. The first kappa shape index (κ1) is 33.1. The summed E-state index contributed by atoms with van der Waals surface area (Å²) < 4.78 is 0.211. The summed E-state index contributed by atoms with van der Waals surface area (Å²) in [6.07, 6.45) is 16.0. The molecule has 0 saturated carbocycles. The maximum atomic E-state index is 11.9. The molecule has 204 valence electrons. The maximum Gasteiger partial charge on any atom is 0.312 e. The van der Waals surface area contributed by atoms with Crippen LogP contribution in [0.15, 0.2) is 12.2 Å². The molecule has 0 aliphatic heterocycles. The molecule has 3 N–H and O–H groups in total. The van der Waals surface area contributed by atoms with E-state index in [0.717, 1.165) is 12.8 Å². The van der Waals surface area contributed by atoms with Crippen LogP contribution in [-0.4, -0.2) is 63.9 Å². The molecule has 0 aromatic carbocycles. The Bertz CT molecular complexity index is 573. The summed E-state index contributed by atoms with van der Waals surface area (Å²) in [4.78, 5) is 35.7. The van der Waals surface area contributed by atoms with E-state index in [4.69, 9.17) is 0 Å². The van der Waals surface area contributed by atoms with Crippen LogP contribution in [0.4, 0.5) is 0 Å². The van der Waals surface area contributed by atoms with Crippen molar-refractivity contribution in [3.63, 3.8) is 0 Å². The molecule has 0 saturated heterocycles. The number of carboxylic acids is 3. The summed E-state index contributed by atoms with van der Waals surface area (Å²) in [6, 6.07) is 0. The first-order valence-electron chi connectivity index (χ1n) is 13.8. The van der Waals surface area contributed by atoms with Gasteiger partial charge in [-0.2, -0.15) is 0 Å². The number of allylic oxidation sites excluding steroid dienone is 1. The highest BCUT2D eigenvalue weighted by atomic mass is 16.4. The molecule has 7 heteroatoms. The first-order valence-corrected chi connectivity index (χ1v) is 13.8. The van der Waals surface area contributed by atoms with Crippen molar-refractivity contribution in [3.8, 4) is 0 Å². The molecule has 0 amide bonds. The van der Waals surface area contributed by atoms with Crippen LogP contribution in [0.25, 0.3) is 0 Å². The van der Waals surface area contributed by atoms with Crippen molar-refractivity contribution in [2.45, 2.75) is 105 Å². The lowest BCUT2D eigenvalue weighted by Gasteiger charge is -2.43. The standard InChI is InChI=1S/C28H51NO6/c1-5-9-10-11-12-13-14-15-16-17-18-19-29(20-23(6-2)26(30)31,21-24(7-3)27(32)33)22-25(8-4)28(34)35/h16-17,23-25H,5-15,18-22H2,1-4H3,(H2-,30,31,32,33,34,35)/p+1/b17-16+. The summed E-state index contributed by atoms with van der Waals surface area (Å²) in [5, 5.41) is 29.2. The van der Waals surface area contributed by atoms with Gasteiger partial charge in [-0.25, -0.2) is 0 Å². The van der Waals surface area contributed by atoms with Gasteiger partial charge < -0.3 is 19.8 Å². The number of aliphatic carboxylic acids is 3. The van der Waals surface area contributed by atoms with E-state index in [-0.39, 0.29) is 24.1 Å². The van der Waals surface area contributed by atoms with Crippen LogP contribution in [0.3, 0.4) is 0 Å². The highest BCUT2D eigenvalue weighted by Gasteiger charge is 2.40. The predicted octanol–water partition coefficient (Wildman–Crippen LogP) is 6.22. The number of nitrogens with zero attached hydrogens (tertiary/aromatic N) is 1. The molecule has 0 heterocycles. The Morgan fingerprint density at radius 2 is 0.971 bits per heavy atom. The maximum absolute atomic E-state index is 11.9. The van der Waals surface area contributed by atoms with Crippen molar-refractivity contribution < 1.29 is 34.2 Å². The molecule has 7 nitrogen and oxygen atoms in total. The van der Waals surface area contributed by atoms with Gasteiger partial charge in [0.25, 0.3) is 0 Å². The van der Waals surface area contributed by atoms with E-state index in [2.05, 4.69) is 19.1 Å². The molecule has 3 unspecified atom stereocenters. The molecule has 3 atom stereocenters. The molecule has 0 fully saturated rings. The first-order chi connectivity index (χ1) is 16.7. The molecule has 0 aliphatic carbocycles. The summed E-state index contributed by atoms with van der Waals surface area (Å²) in [5.74, 6) is -4.62. The van der Waals surface area contributed by atoms with E-state index < -0.39 is 35.7 Å². The minimum atomic E-state index is -0.906. The Labute approximate surface area is 213 Å². The van der Waals surface area contributed by atoms with Crippen molar-refractivity contribution in [2.75, 3.05) is 26.2 Å². The normalized spacial score (nSPS) is 16.0. The number of unbranched alkanes of at least 4 members (excludes halogenated alkanes) is 7. The fraction of sp³-hybridized carbons (Fsp3) is 0.821. The zero-order valence-corrected chi connectivity index (χ0v) is 22.7. The van der Waals surface area contributed by atoms with Gasteiger partial charge in [0.05, 0.1) is 26.2 Å². The molecule has 0 aromatic heterocycles. The number of quaternary nitrogens is 1. The molecular formula is C28H52NO6+. The van der Waals surface area contributed by atoms with Crippen molar-refractivity contribution in [1.29, 1.82) is 0 Å². The zero-order valence-electron chi connectivity index (χ0n) is 22.7. The van der Waals surface area contributed by atoms with Crippen LogP contribution >= 0.6 is 0 Å². The van der Waals surface area contributed by atoms with Gasteiger partial charge in [-0.15, -0.1) is 0 Å². The van der Waals surface area contributed by atoms with Crippen LogP contribution in [0, 0.1) is 17.8 Å². The monoisotopic (exact) mass is 498 g/mol. The molecule has 0 radical (unpaired) electrons. The third-order valence-corrected chi connectivity index (χ3v) is 7.26. The molecule has 0 rings (SSSR count). The fourth-order valence-electron chi connectivity index (χ4n) is 4.85. The molecule has 0 aromatic rings. The lowest BCUT2D eigenvalue weighted by Crippen LogP contribution is -2.58. The number of hydrogen-bond acceptors (Lipinski definition) is 3. The van der Waals surface area contributed by atoms with Gasteiger partial charge in [0.1, 0.15) is 17.8 Å². The van der Waals surface area contributed by atoms with Crippen LogP contribution in [0.2, 0.25) is 0 Å². The smallest absolute Gasteiger partial charge is 0.312 e. The highest BCUT2D eigenvalue weighted by molar-refractivity contribution is 5.71. The number of carbonyl (C=O) groups is 3. The third kappa shape index (κ3) is 14.3. The summed E-state index contributed by atoms with van der Waals surface area (Å²) in [6.45, 7) is 8.98. The fourth-order valence-corrected chi connectivity index (χ4v) is 4.85. The van der Waals surface area contributed by atoms with E-state index >= 15 is 0 Å². The van der Waals surface area contributed by atoms with Crippen LogP contribution in [0.1, 0.15) is 105 Å². The average Bonchev–Trinajstić information content (AvgIpc) is 2.82. The topological polar surface area (TPSA) is 112 Å². The van der Waals surface area contributed by atoms with Gasteiger partial charge in [0.15, 0.2) is 0 Å². The average molecular weight is 499 g/mol. The minimum absolute atomic E-state index is 0.211. The summed E-state index contributed by atoms with van der Waals surface area (Å²) in [7, 11) is 0. The molecule has 0 spiro atoms. The van der Waals surface area contributed by atoms with Crippen LogP contribution < -0.4 is 0 Å². The van der Waals surface area contributed by atoms with Crippen molar-refractivity contribution in [3.05, 3.63) is 12.2 Å². The SMILES string of the molecule is CCCCCCCCC/C=C/CC[N+](CC(CC)C(=O)O)(CC(CC)C(=O)O)CC(CC)C(=O)O. The van der Waals surface area contributed by atoms with Gasteiger partial charge in [-0.1, -0.05) is 78.4 Å². The summed E-state index contributed by atoms with van der Waals surface area (Å²) >= 11 is 0. The van der Waals surface area contributed by atoms with Gasteiger partial charge in [-0.05, 0) is 32.1 Å². The van der Waals surface area contributed by atoms with Crippen LogP contribution in [-0.2, 0) is 14.4 Å². The number of hydrogen-bond donors (Lipinski definition) is 3. The third-order valence-electron chi connectivity index (χ3n) is 7.26. The Kier molecular flexibility index (Phi) is 18.3. The predicted molar refractivity (Wildman–Crippen MR) is 140 cm³/mol. The second-order valence-electron chi connectivity index (χ2n) is 10.1. The number of carboxylic acid groups (broad SMARTS) is 3. The Hall–Kier alpha value is -1.89. The van der Waals surface area contributed by atoms with Crippen molar-refractivity contribution >= 4 is 17.9 Å². The second-order valence-corrected chi connectivity index (χ2v) is 10.1. The van der Waals surface area contributed by atoms with Gasteiger partial charge >= 0.3 is 17.9 Å². The molecule has 0 bridgehead atoms. The Balaban J connectivity index is 5.45. The zero-order chi connectivity index (χ0) is 26.7. The Morgan fingerprint density at radius 1 is 0.600 bits per heavy atom. The lowest BCUT2D eigenvalue weighted by atomic mass is 9.96. The minimum Gasteiger partial charge on any atom is -0.481 e. The quantitative estimate of drug-likeness (QED) is 0.0875. The van der Waals surface area contributed by atoms with E-state index in [9.17, 15) is 29.7 Å². The van der Waals surface area contributed by atoms with Gasteiger partial charge in [-0.3, -0.25) is 14.4 Å². The largest absolute Gasteiger partial charge is 0.481 e. The lowest BCUT2D eigenvalue weighted by molar-refractivity contribution is -0.934. The van der Waals surface area contributed by atoms with E-state index in [0.29, 0.717) is 32.2 Å². The Morgan fingerprint density at radius 3 is 1.34 bits per heavy atom. The van der Waals surface area contributed by atoms with E-state index in [1.165, 1.54) is 38.5 Å². The molecule has 35 heavy (non-hydrogen) atoms. The van der Waals surface area contributed by atoms with E-state index in [1.807, 2.05) is 20.8 Å². The van der Waals surface area contributed by atoms with Crippen LogP contribution in [0.5, 0.6) is 0 Å². The summed E-state index contributed by atoms with van der Waals surface area (Å²) in [5.41, 5.74) is 0.